The number of nitro groups is 1. The fourth-order valence-corrected chi connectivity index (χ4v) is 0.931. The molecule has 1 unspecified atom stereocenters. The number of para-hydroxylation sites is 2. The first-order valence-corrected chi connectivity index (χ1v) is 4.61. The molecule has 0 aliphatic carbocycles. The monoisotopic (exact) mass is 270 g/mol. The molecule has 5 nitrogen and oxygen atoms in total. The van der Waals surface area contributed by atoms with E-state index in [0.29, 0.717) is 0 Å². The Morgan fingerprint density at radius 3 is 2.59 bits per heavy atom. The Morgan fingerprint density at radius 2 is 2.06 bits per heavy atom. The van der Waals surface area contributed by atoms with Crippen LogP contribution in [-0.4, -0.2) is 16.7 Å². The van der Waals surface area contributed by atoms with Gasteiger partial charge in [-0.1, -0.05) is 23.7 Å². The number of halogens is 4. The van der Waals surface area contributed by atoms with Crippen LogP contribution in [0.25, 0.3) is 0 Å². The molecular weight excluding hydrogens is 265 g/mol. The van der Waals surface area contributed by atoms with Gasteiger partial charge in [0.15, 0.2) is 0 Å². The van der Waals surface area contributed by atoms with Crippen LogP contribution in [-0.2, 0) is 4.84 Å². The van der Waals surface area contributed by atoms with Crippen molar-refractivity contribution >= 4 is 23.0 Å². The smallest absolute Gasteiger partial charge is 0.258 e. The average molecular weight is 271 g/mol. The number of alkyl halides is 4. The lowest BCUT2D eigenvalue weighted by Gasteiger charge is -2.16. The summed E-state index contributed by atoms with van der Waals surface area (Å²) in [5.74, 6) is 0. The van der Waals surface area contributed by atoms with Crippen LogP contribution in [0.4, 0.5) is 24.5 Å². The summed E-state index contributed by atoms with van der Waals surface area (Å²) in [7, 11) is 0. The van der Waals surface area contributed by atoms with E-state index < -0.39 is 22.4 Å². The Hall–Kier alpha value is -1.54. The largest absolute Gasteiger partial charge is 0.420 e. The molecule has 1 atom stereocenters. The van der Waals surface area contributed by atoms with Gasteiger partial charge in [-0.25, -0.2) is 9.23 Å². The van der Waals surface area contributed by atoms with Gasteiger partial charge >= 0.3 is 6.11 Å². The summed E-state index contributed by atoms with van der Waals surface area (Å²) in [6.07, 6.45) is -4.30. The zero-order valence-electron chi connectivity index (χ0n) is 8.07. The van der Waals surface area contributed by atoms with Gasteiger partial charge in [-0.15, -0.1) is 0 Å². The number of hydrogen-bond acceptors (Lipinski definition) is 4. The van der Waals surface area contributed by atoms with Gasteiger partial charge in [-0.2, -0.15) is 8.78 Å². The molecule has 17 heavy (non-hydrogen) atoms. The fraction of sp³-hybridized carbons (Fsp3) is 0.250. The van der Waals surface area contributed by atoms with Crippen LogP contribution in [0.15, 0.2) is 24.3 Å². The van der Waals surface area contributed by atoms with Crippen LogP contribution in [0.1, 0.15) is 0 Å². The highest BCUT2D eigenvalue weighted by molar-refractivity contribution is 6.20. The molecule has 0 amide bonds. The van der Waals surface area contributed by atoms with Gasteiger partial charge in [0.25, 0.3) is 11.3 Å². The number of rotatable bonds is 5. The molecule has 1 rings (SSSR count). The summed E-state index contributed by atoms with van der Waals surface area (Å²) >= 11 is 4.52. The van der Waals surface area contributed by atoms with Crippen LogP contribution in [0.5, 0.6) is 0 Å². The van der Waals surface area contributed by atoms with Gasteiger partial charge < -0.3 is 0 Å². The lowest BCUT2D eigenvalue weighted by molar-refractivity contribution is -0.384. The minimum absolute atomic E-state index is 0.338. The fourth-order valence-electron chi connectivity index (χ4n) is 0.887. The van der Waals surface area contributed by atoms with E-state index in [1.165, 1.54) is 12.1 Å². The maximum atomic E-state index is 12.6. The van der Waals surface area contributed by atoms with E-state index in [4.69, 9.17) is 0 Å². The third-order valence-electron chi connectivity index (χ3n) is 1.65. The Morgan fingerprint density at radius 1 is 1.47 bits per heavy atom. The highest BCUT2D eigenvalue weighted by atomic mass is 35.5. The second kappa shape index (κ2) is 5.19. The highest BCUT2D eigenvalue weighted by Gasteiger charge is 2.41. The van der Waals surface area contributed by atoms with E-state index in [1.807, 2.05) is 0 Å². The molecule has 0 spiro atoms. The van der Waals surface area contributed by atoms with Crippen LogP contribution in [0.3, 0.4) is 0 Å². The molecule has 0 aromatic heterocycles. The van der Waals surface area contributed by atoms with Gasteiger partial charge in [0.05, 0.1) is 4.92 Å². The van der Waals surface area contributed by atoms with E-state index >= 15 is 0 Å². The minimum atomic E-state index is -4.30. The van der Waals surface area contributed by atoms with Gasteiger partial charge in [-0.3, -0.25) is 15.6 Å². The second-order valence-corrected chi connectivity index (χ2v) is 3.22. The summed E-state index contributed by atoms with van der Waals surface area (Å²) in [6, 6.07) is 4.87. The maximum absolute atomic E-state index is 12.6. The van der Waals surface area contributed by atoms with Gasteiger partial charge in [0.1, 0.15) is 5.69 Å². The van der Waals surface area contributed by atoms with Crippen molar-refractivity contribution < 1.29 is 22.9 Å². The number of nitro benzene ring substituents is 1. The number of benzene rings is 1. The quantitative estimate of drug-likeness (QED) is 0.507. The van der Waals surface area contributed by atoms with Gasteiger partial charge in [0, 0.05) is 6.07 Å². The van der Waals surface area contributed by atoms with Crippen LogP contribution >= 0.6 is 11.6 Å². The average Bonchev–Trinajstić information content (AvgIpc) is 2.26. The van der Waals surface area contributed by atoms with Crippen molar-refractivity contribution in [1.29, 1.82) is 0 Å². The zero-order valence-corrected chi connectivity index (χ0v) is 8.83. The molecule has 0 aliphatic heterocycles. The lowest BCUT2D eigenvalue weighted by atomic mass is 10.3. The van der Waals surface area contributed by atoms with Crippen molar-refractivity contribution in [3.63, 3.8) is 0 Å². The third kappa shape index (κ3) is 3.46. The first kappa shape index (κ1) is 13.5. The van der Waals surface area contributed by atoms with Crippen molar-refractivity contribution in [2.24, 2.45) is 0 Å². The number of anilines is 1. The Bertz CT molecular complexity index is 417. The van der Waals surface area contributed by atoms with E-state index in [2.05, 4.69) is 16.4 Å². The van der Waals surface area contributed by atoms with E-state index in [0.717, 1.165) is 12.1 Å². The lowest BCUT2D eigenvalue weighted by Crippen LogP contribution is -2.31. The van der Waals surface area contributed by atoms with Crippen LogP contribution < -0.4 is 5.48 Å². The van der Waals surface area contributed by atoms with Crippen molar-refractivity contribution in [1.82, 2.24) is 0 Å². The highest BCUT2D eigenvalue weighted by Crippen LogP contribution is 2.29. The summed E-state index contributed by atoms with van der Waals surface area (Å²) < 4.78 is 37.4. The standard InChI is InChI=1S/C8H6ClF3N2O3/c9-7(10)8(11,12)17-13-5-3-1-2-4-6(5)14(15)16/h1-4,7,13H. The molecular formula is C8H6ClF3N2O3. The van der Waals surface area contributed by atoms with Gasteiger partial charge in [-0.05, 0) is 6.07 Å². The molecule has 1 N–H and O–H groups in total. The van der Waals surface area contributed by atoms with Crippen LogP contribution in [0, 0.1) is 10.1 Å². The normalized spacial score (nSPS) is 13.2. The SMILES string of the molecule is O=[N+]([O-])c1ccccc1NOC(F)(F)C(F)Cl. The molecule has 0 radical (unpaired) electrons. The van der Waals surface area contributed by atoms with Crippen molar-refractivity contribution in [3.8, 4) is 0 Å². The topological polar surface area (TPSA) is 64.4 Å². The predicted molar refractivity (Wildman–Crippen MR) is 53.5 cm³/mol. The number of hydrogen-bond donors (Lipinski definition) is 1. The van der Waals surface area contributed by atoms with E-state index in [9.17, 15) is 23.3 Å². The summed E-state index contributed by atoms with van der Waals surface area (Å²) in [5, 5.41) is 10.5. The molecule has 0 fully saturated rings. The van der Waals surface area contributed by atoms with E-state index in [1.54, 1.807) is 5.48 Å². The van der Waals surface area contributed by atoms with Crippen molar-refractivity contribution in [2.45, 2.75) is 11.7 Å². The van der Waals surface area contributed by atoms with Crippen molar-refractivity contribution in [3.05, 3.63) is 34.4 Å². The van der Waals surface area contributed by atoms with Gasteiger partial charge in [0.2, 0.25) is 0 Å². The Balaban J connectivity index is 2.79. The first-order chi connectivity index (χ1) is 7.84. The number of nitrogens with zero attached hydrogens (tertiary/aromatic N) is 1. The minimum Gasteiger partial charge on any atom is -0.258 e. The third-order valence-corrected chi connectivity index (χ3v) is 1.91. The van der Waals surface area contributed by atoms with E-state index in [-0.39, 0.29) is 5.69 Å². The Kier molecular flexibility index (Phi) is 4.13. The summed E-state index contributed by atoms with van der Waals surface area (Å²) in [5.41, 5.74) is -2.30. The molecule has 0 heterocycles. The molecule has 1 aromatic carbocycles. The number of nitrogens with one attached hydrogen (secondary N) is 1. The molecule has 0 bridgehead atoms. The second-order valence-electron chi connectivity index (χ2n) is 2.84. The summed E-state index contributed by atoms with van der Waals surface area (Å²) in [6.45, 7) is 0. The summed E-state index contributed by atoms with van der Waals surface area (Å²) in [4.78, 5) is 13.4. The molecule has 0 aliphatic rings. The Labute approximate surface area is 98.2 Å². The molecule has 9 heteroatoms. The first-order valence-electron chi connectivity index (χ1n) is 4.18. The zero-order chi connectivity index (χ0) is 13.1. The van der Waals surface area contributed by atoms with Crippen molar-refractivity contribution in [2.75, 3.05) is 5.48 Å². The predicted octanol–water partition coefficient (Wildman–Crippen LogP) is 3.07. The maximum Gasteiger partial charge on any atom is 0.420 e. The molecule has 0 saturated carbocycles. The molecule has 0 saturated heterocycles. The van der Waals surface area contributed by atoms with Crippen LogP contribution in [0.2, 0.25) is 0 Å². The molecule has 94 valence electrons. The molecule has 1 aromatic rings.